The molecule has 1 aromatic rings. The quantitative estimate of drug-likeness (QED) is 0.660. The van der Waals surface area contributed by atoms with Crippen LogP contribution in [-0.2, 0) is 0 Å². The number of aromatic nitrogens is 2. The number of nitrogens with one attached hydrogen (secondary N) is 1. The number of nitrogens with zero attached hydrogens (tertiary/aromatic N) is 3. The van der Waals surface area contributed by atoms with Gasteiger partial charge in [-0.25, -0.2) is 4.68 Å². The summed E-state index contributed by atoms with van der Waals surface area (Å²) in [5, 5.41) is 18.7. The fourth-order valence-corrected chi connectivity index (χ4v) is 2.48. The fraction of sp³-hybridized carbons (Fsp3) is 0.769. The van der Waals surface area contributed by atoms with Gasteiger partial charge < -0.3 is 10.1 Å². The third-order valence-corrected chi connectivity index (χ3v) is 3.54. The maximum absolute atomic E-state index is 11.2. The third-order valence-electron chi connectivity index (χ3n) is 3.54. The van der Waals surface area contributed by atoms with Crippen molar-refractivity contribution in [2.24, 2.45) is 5.92 Å². The SMILES string of the molecule is Cc1nn(C(C)C)c(OCC2CCCNC2)c1[N+](=O)[O-]. The molecule has 0 aliphatic carbocycles. The van der Waals surface area contributed by atoms with Crippen molar-refractivity contribution in [3.63, 3.8) is 0 Å². The van der Waals surface area contributed by atoms with E-state index >= 15 is 0 Å². The molecule has 7 nitrogen and oxygen atoms in total. The standard InChI is InChI=1S/C13H22N4O3/c1-9(2)16-13(12(17(18)19)10(3)15-16)20-8-11-5-4-6-14-7-11/h9,11,14H,4-8H2,1-3H3. The van der Waals surface area contributed by atoms with Gasteiger partial charge in [-0.05, 0) is 40.2 Å². The van der Waals surface area contributed by atoms with E-state index in [9.17, 15) is 10.1 Å². The Balaban J connectivity index is 2.17. The predicted octanol–water partition coefficient (Wildman–Crippen LogP) is 2.06. The Hall–Kier alpha value is -1.63. The van der Waals surface area contributed by atoms with Crippen LogP contribution in [0.15, 0.2) is 0 Å². The summed E-state index contributed by atoms with van der Waals surface area (Å²) in [6.45, 7) is 7.95. The van der Waals surface area contributed by atoms with E-state index in [0.717, 1.165) is 25.9 Å². The molecule has 0 saturated carbocycles. The lowest BCUT2D eigenvalue weighted by molar-refractivity contribution is -0.386. The van der Waals surface area contributed by atoms with Crippen molar-refractivity contribution in [2.45, 2.75) is 39.7 Å². The van der Waals surface area contributed by atoms with Crippen LogP contribution in [0.25, 0.3) is 0 Å². The topological polar surface area (TPSA) is 82.2 Å². The Morgan fingerprint density at radius 3 is 2.90 bits per heavy atom. The van der Waals surface area contributed by atoms with Gasteiger partial charge in [0.05, 0.1) is 17.6 Å². The van der Waals surface area contributed by atoms with E-state index in [1.165, 1.54) is 0 Å². The van der Waals surface area contributed by atoms with Crippen LogP contribution in [0, 0.1) is 23.0 Å². The van der Waals surface area contributed by atoms with Crippen LogP contribution in [0.3, 0.4) is 0 Å². The van der Waals surface area contributed by atoms with Gasteiger partial charge in [-0.2, -0.15) is 5.10 Å². The second kappa shape index (κ2) is 6.21. The van der Waals surface area contributed by atoms with E-state index in [2.05, 4.69) is 10.4 Å². The summed E-state index contributed by atoms with van der Waals surface area (Å²) >= 11 is 0. The first-order valence-corrected chi connectivity index (χ1v) is 7.07. The summed E-state index contributed by atoms with van der Waals surface area (Å²) < 4.78 is 7.37. The molecule has 0 aromatic carbocycles. The highest BCUT2D eigenvalue weighted by Crippen LogP contribution is 2.33. The van der Waals surface area contributed by atoms with E-state index in [-0.39, 0.29) is 17.6 Å². The van der Waals surface area contributed by atoms with Gasteiger partial charge in [0.15, 0.2) is 0 Å². The molecule has 0 spiro atoms. The zero-order chi connectivity index (χ0) is 14.7. The van der Waals surface area contributed by atoms with Crippen LogP contribution < -0.4 is 10.1 Å². The highest BCUT2D eigenvalue weighted by molar-refractivity contribution is 5.46. The second-order valence-electron chi connectivity index (χ2n) is 5.56. The summed E-state index contributed by atoms with van der Waals surface area (Å²) in [7, 11) is 0. The van der Waals surface area contributed by atoms with Crippen molar-refractivity contribution in [3.05, 3.63) is 15.8 Å². The van der Waals surface area contributed by atoms with Crippen LogP contribution in [0.5, 0.6) is 5.88 Å². The largest absolute Gasteiger partial charge is 0.473 e. The van der Waals surface area contributed by atoms with Crippen LogP contribution in [-0.4, -0.2) is 34.4 Å². The molecule has 2 heterocycles. The maximum Gasteiger partial charge on any atom is 0.353 e. The van der Waals surface area contributed by atoms with Crippen LogP contribution in [0.1, 0.15) is 38.4 Å². The minimum absolute atomic E-state index is 0.0116. The summed E-state index contributed by atoms with van der Waals surface area (Å²) in [6.07, 6.45) is 2.22. The predicted molar refractivity (Wildman–Crippen MR) is 75.1 cm³/mol. The highest BCUT2D eigenvalue weighted by atomic mass is 16.6. The first kappa shape index (κ1) is 14.8. The number of aryl methyl sites for hydroxylation is 1. The lowest BCUT2D eigenvalue weighted by atomic mass is 10.0. The molecule has 112 valence electrons. The number of piperidine rings is 1. The molecule has 1 fully saturated rings. The van der Waals surface area contributed by atoms with E-state index in [0.29, 0.717) is 18.2 Å². The molecular formula is C13H22N4O3. The van der Waals surface area contributed by atoms with Crippen molar-refractivity contribution in [3.8, 4) is 5.88 Å². The molecule has 1 unspecified atom stereocenters. The Bertz CT molecular complexity index is 478. The second-order valence-corrected chi connectivity index (χ2v) is 5.56. The zero-order valence-electron chi connectivity index (χ0n) is 12.3. The first-order valence-electron chi connectivity index (χ1n) is 7.07. The van der Waals surface area contributed by atoms with Crippen molar-refractivity contribution in [1.82, 2.24) is 15.1 Å². The van der Waals surface area contributed by atoms with Crippen molar-refractivity contribution in [2.75, 3.05) is 19.7 Å². The molecule has 0 bridgehead atoms. The van der Waals surface area contributed by atoms with E-state index in [1.807, 2.05) is 13.8 Å². The Morgan fingerprint density at radius 2 is 2.35 bits per heavy atom. The molecule has 1 atom stereocenters. The van der Waals surface area contributed by atoms with Gasteiger partial charge in [-0.15, -0.1) is 0 Å². The monoisotopic (exact) mass is 282 g/mol. The Kier molecular flexibility index (Phi) is 4.59. The number of nitro groups is 1. The van der Waals surface area contributed by atoms with E-state index in [1.54, 1.807) is 11.6 Å². The average Bonchev–Trinajstić information content (AvgIpc) is 2.74. The molecule has 1 aliphatic heterocycles. The number of rotatable bonds is 5. The molecule has 2 rings (SSSR count). The highest BCUT2D eigenvalue weighted by Gasteiger charge is 2.29. The van der Waals surface area contributed by atoms with Crippen LogP contribution >= 0.6 is 0 Å². The smallest absolute Gasteiger partial charge is 0.353 e. The summed E-state index contributed by atoms with van der Waals surface area (Å²) in [4.78, 5) is 10.8. The number of ether oxygens (including phenoxy) is 1. The van der Waals surface area contributed by atoms with Crippen LogP contribution in [0.2, 0.25) is 0 Å². The zero-order valence-corrected chi connectivity index (χ0v) is 12.3. The minimum atomic E-state index is -0.407. The van der Waals surface area contributed by atoms with Gasteiger partial charge in [-0.1, -0.05) is 0 Å². The van der Waals surface area contributed by atoms with Gasteiger partial charge in [-0.3, -0.25) is 10.1 Å². The molecule has 0 radical (unpaired) electrons. The van der Waals surface area contributed by atoms with E-state index < -0.39 is 4.92 Å². The number of hydrogen-bond acceptors (Lipinski definition) is 5. The molecule has 7 heteroatoms. The average molecular weight is 282 g/mol. The van der Waals surface area contributed by atoms with Gasteiger partial charge in [0, 0.05) is 12.5 Å². The molecule has 0 amide bonds. The Labute approximate surface area is 118 Å². The van der Waals surface area contributed by atoms with Gasteiger partial charge in [0.1, 0.15) is 5.69 Å². The third kappa shape index (κ3) is 3.09. The summed E-state index contributed by atoms with van der Waals surface area (Å²) in [6, 6.07) is 0.0295. The van der Waals surface area contributed by atoms with E-state index in [4.69, 9.17) is 4.74 Å². The molecule has 1 saturated heterocycles. The van der Waals surface area contributed by atoms with Gasteiger partial charge in [0.25, 0.3) is 5.88 Å². The molecule has 1 aliphatic rings. The lowest BCUT2D eigenvalue weighted by Crippen LogP contribution is -2.33. The van der Waals surface area contributed by atoms with Crippen molar-refractivity contribution in [1.29, 1.82) is 0 Å². The first-order chi connectivity index (χ1) is 9.50. The van der Waals surface area contributed by atoms with Gasteiger partial charge in [0.2, 0.25) is 0 Å². The van der Waals surface area contributed by atoms with Crippen LogP contribution in [0.4, 0.5) is 5.69 Å². The lowest BCUT2D eigenvalue weighted by Gasteiger charge is -2.22. The Morgan fingerprint density at radius 1 is 1.60 bits per heavy atom. The van der Waals surface area contributed by atoms with Gasteiger partial charge >= 0.3 is 5.69 Å². The molecule has 1 aromatic heterocycles. The molecule has 1 N–H and O–H groups in total. The number of hydrogen-bond donors (Lipinski definition) is 1. The minimum Gasteiger partial charge on any atom is -0.473 e. The summed E-state index contributed by atoms with van der Waals surface area (Å²) in [5.41, 5.74) is 0.392. The van der Waals surface area contributed by atoms with Crippen molar-refractivity contribution >= 4 is 5.69 Å². The normalized spacial score (nSPS) is 19.3. The maximum atomic E-state index is 11.2. The molecule has 20 heavy (non-hydrogen) atoms. The summed E-state index contributed by atoms with van der Waals surface area (Å²) in [5.74, 6) is 0.687. The fourth-order valence-electron chi connectivity index (χ4n) is 2.48. The molecular weight excluding hydrogens is 260 g/mol. The van der Waals surface area contributed by atoms with Crippen molar-refractivity contribution < 1.29 is 9.66 Å².